The zero-order valence-corrected chi connectivity index (χ0v) is 4.51. The molecule has 1 heterocycles. The average molecular weight is 114 g/mol. The lowest BCUT2D eigenvalue weighted by Gasteiger charge is -2.21. The maximum absolute atomic E-state index is 10.3. The number of Topliss-reactive ketones (excluding diaryl/α,β-unsaturated/α-hetero) is 1. The largest absolute Gasteiger partial charge is 0.464 e. The van der Waals surface area contributed by atoms with Crippen molar-refractivity contribution in [3.05, 3.63) is 0 Å². The summed E-state index contributed by atoms with van der Waals surface area (Å²) in [6.45, 7) is 1.68. The molecule has 0 saturated carbocycles. The van der Waals surface area contributed by atoms with Crippen LogP contribution in [0.2, 0.25) is 0 Å². The fraction of sp³-hybridized carbons (Fsp3) is 0.600. The monoisotopic (exact) mass is 114 g/mol. The summed E-state index contributed by atoms with van der Waals surface area (Å²) >= 11 is 0. The topological polar surface area (TPSA) is 43.4 Å². The van der Waals surface area contributed by atoms with Gasteiger partial charge >= 0.3 is 5.97 Å². The minimum atomic E-state index is -0.449. The normalized spacial score (nSPS) is 26.1. The molecule has 1 rings (SSSR count). The van der Waals surface area contributed by atoms with Crippen molar-refractivity contribution < 1.29 is 14.3 Å². The molecule has 0 amide bonds. The minimum Gasteiger partial charge on any atom is -0.464 e. The van der Waals surface area contributed by atoms with Crippen LogP contribution in [0.3, 0.4) is 0 Å². The summed E-state index contributed by atoms with van der Waals surface area (Å²) in [4.78, 5) is 20.6. The van der Waals surface area contributed by atoms with Gasteiger partial charge in [0.2, 0.25) is 0 Å². The van der Waals surface area contributed by atoms with Gasteiger partial charge < -0.3 is 4.74 Å². The molecule has 3 nitrogen and oxygen atoms in total. The summed E-state index contributed by atoms with van der Waals surface area (Å²) in [6.07, 6.45) is 0. The lowest BCUT2D eigenvalue weighted by atomic mass is 10.0. The van der Waals surface area contributed by atoms with Crippen LogP contribution in [-0.2, 0) is 14.3 Å². The Morgan fingerprint density at radius 1 is 1.88 bits per heavy atom. The predicted octanol–water partition coefficient (Wildman–Crippen LogP) is -0.252. The second-order valence-corrected chi connectivity index (χ2v) is 1.79. The van der Waals surface area contributed by atoms with Gasteiger partial charge in [0.1, 0.15) is 18.3 Å². The van der Waals surface area contributed by atoms with E-state index in [1.807, 2.05) is 0 Å². The number of carbonyl (C=O) groups is 2. The standard InChI is InChI=1S/C5H6O3/c1-3(6)4-2-8-5(4)7/h4H,2H2,1H3. The first-order chi connectivity index (χ1) is 3.72. The molecular formula is C5H6O3. The molecule has 44 valence electrons. The summed E-state index contributed by atoms with van der Waals surface area (Å²) in [6, 6.07) is 0. The van der Waals surface area contributed by atoms with Gasteiger partial charge in [0, 0.05) is 0 Å². The Morgan fingerprint density at radius 2 is 2.50 bits per heavy atom. The van der Waals surface area contributed by atoms with Gasteiger partial charge in [0.05, 0.1) is 0 Å². The predicted molar refractivity (Wildman–Crippen MR) is 25.1 cm³/mol. The first-order valence-corrected chi connectivity index (χ1v) is 2.39. The molecule has 0 aromatic heterocycles. The van der Waals surface area contributed by atoms with E-state index in [1.54, 1.807) is 0 Å². The van der Waals surface area contributed by atoms with Crippen LogP contribution in [-0.4, -0.2) is 18.4 Å². The Morgan fingerprint density at radius 3 is 2.50 bits per heavy atom. The first-order valence-electron chi connectivity index (χ1n) is 2.39. The zero-order valence-electron chi connectivity index (χ0n) is 4.51. The summed E-state index contributed by atoms with van der Waals surface area (Å²) in [5.41, 5.74) is 0. The van der Waals surface area contributed by atoms with Gasteiger partial charge in [-0.3, -0.25) is 9.59 Å². The molecule has 8 heavy (non-hydrogen) atoms. The highest BCUT2D eigenvalue weighted by Crippen LogP contribution is 2.12. The van der Waals surface area contributed by atoms with E-state index >= 15 is 0 Å². The van der Waals surface area contributed by atoms with Crippen LogP contribution in [0.1, 0.15) is 6.92 Å². The molecule has 0 radical (unpaired) electrons. The van der Waals surface area contributed by atoms with Crippen LogP contribution in [0, 0.1) is 5.92 Å². The molecule has 1 aliphatic heterocycles. The van der Waals surface area contributed by atoms with Crippen LogP contribution in [0.15, 0.2) is 0 Å². The van der Waals surface area contributed by atoms with Crippen molar-refractivity contribution in [1.82, 2.24) is 0 Å². The van der Waals surface area contributed by atoms with Crippen LogP contribution < -0.4 is 0 Å². The Kier molecular flexibility index (Phi) is 1.04. The van der Waals surface area contributed by atoms with Crippen molar-refractivity contribution in [3.8, 4) is 0 Å². The maximum Gasteiger partial charge on any atom is 0.320 e. The van der Waals surface area contributed by atoms with E-state index in [2.05, 4.69) is 4.74 Å². The van der Waals surface area contributed by atoms with Gasteiger partial charge in [0.25, 0.3) is 0 Å². The molecule has 0 bridgehead atoms. The third-order valence-corrected chi connectivity index (χ3v) is 1.17. The van der Waals surface area contributed by atoms with E-state index in [0.29, 0.717) is 0 Å². The molecule has 3 heteroatoms. The molecule has 0 aliphatic carbocycles. The molecule has 1 aliphatic rings. The number of cyclic esters (lactones) is 1. The van der Waals surface area contributed by atoms with Gasteiger partial charge in [-0.2, -0.15) is 0 Å². The Labute approximate surface area is 46.6 Å². The third-order valence-electron chi connectivity index (χ3n) is 1.17. The molecule has 0 aromatic rings. The van der Waals surface area contributed by atoms with Gasteiger partial charge in [-0.05, 0) is 6.92 Å². The lowest BCUT2D eigenvalue weighted by Crippen LogP contribution is -2.39. The summed E-state index contributed by atoms with van der Waals surface area (Å²) in [5, 5.41) is 0. The summed E-state index contributed by atoms with van der Waals surface area (Å²) < 4.78 is 4.34. The first kappa shape index (κ1) is 5.28. The average Bonchev–Trinajstić information content (AvgIpc) is 1.61. The fourth-order valence-electron chi connectivity index (χ4n) is 0.518. The van der Waals surface area contributed by atoms with Crippen molar-refractivity contribution in [2.45, 2.75) is 6.92 Å². The Balaban J connectivity index is 2.49. The number of esters is 1. The van der Waals surface area contributed by atoms with Gasteiger partial charge in [-0.25, -0.2) is 0 Å². The molecule has 1 fully saturated rings. The molecule has 1 atom stereocenters. The number of ketones is 1. The van der Waals surface area contributed by atoms with E-state index in [1.165, 1.54) is 6.92 Å². The van der Waals surface area contributed by atoms with E-state index in [4.69, 9.17) is 0 Å². The molecule has 0 aromatic carbocycles. The molecular weight excluding hydrogens is 108 g/mol. The highest BCUT2D eigenvalue weighted by Gasteiger charge is 2.34. The number of ether oxygens (including phenoxy) is 1. The number of hydrogen-bond acceptors (Lipinski definition) is 3. The van der Waals surface area contributed by atoms with Gasteiger partial charge in [0.15, 0.2) is 0 Å². The molecule has 1 saturated heterocycles. The van der Waals surface area contributed by atoms with E-state index in [-0.39, 0.29) is 18.4 Å². The quantitative estimate of drug-likeness (QED) is 0.348. The lowest BCUT2D eigenvalue weighted by molar-refractivity contribution is -0.170. The van der Waals surface area contributed by atoms with Crippen LogP contribution >= 0.6 is 0 Å². The Hall–Kier alpha value is -0.860. The fourth-order valence-corrected chi connectivity index (χ4v) is 0.518. The number of carbonyl (C=O) groups excluding carboxylic acids is 2. The zero-order chi connectivity index (χ0) is 6.15. The summed E-state index contributed by atoms with van der Waals surface area (Å²) in [7, 11) is 0. The van der Waals surface area contributed by atoms with E-state index < -0.39 is 5.92 Å². The van der Waals surface area contributed by atoms with Crippen molar-refractivity contribution in [2.75, 3.05) is 6.61 Å². The second-order valence-electron chi connectivity index (χ2n) is 1.79. The minimum absolute atomic E-state index is 0.0961. The number of hydrogen-bond donors (Lipinski definition) is 0. The molecule has 1 unspecified atom stereocenters. The van der Waals surface area contributed by atoms with Gasteiger partial charge in [-0.15, -0.1) is 0 Å². The van der Waals surface area contributed by atoms with Crippen molar-refractivity contribution in [2.24, 2.45) is 5.92 Å². The second kappa shape index (κ2) is 1.58. The van der Waals surface area contributed by atoms with Crippen LogP contribution in [0.25, 0.3) is 0 Å². The highest BCUT2D eigenvalue weighted by atomic mass is 16.6. The Bertz CT molecular complexity index is 131. The van der Waals surface area contributed by atoms with Crippen LogP contribution in [0.4, 0.5) is 0 Å². The number of rotatable bonds is 1. The smallest absolute Gasteiger partial charge is 0.320 e. The SMILES string of the molecule is CC(=O)C1COC1=O. The maximum atomic E-state index is 10.3. The molecule has 0 N–H and O–H groups in total. The van der Waals surface area contributed by atoms with E-state index in [9.17, 15) is 9.59 Å². The van der Waals surface area contributed by atoms with Crippen molar-refractivity contribution >= 4 is 11.8 Å². The highest BCUT2D eigenvalue weighted by molar-refractivity contribution is 6.00. The van der Waals surface area contributed by atoms with E-state index in [0.717, 1.165) is 0 Å². The van der Waals surface area contributed by atoms with Crippen LogP contribution in [0.5, 0.6) is 0 Å². The third kappa shape index (κ3) is 0.598. The summed E-state index contributed by atoms with van der Waals surface area (Å²) in [5.74, 6) is -0.922. The van der Waals surface area contributed by atoms with Crippen molar-refractivity contribution in [1.29, 1.82) is 0 Å². The van der Waals surface area contributed by atoms with Crippen molar-refractivity contribution in [3.63, 3.8) is 0 Å². The van der Waals surface area contributed by atoms with Gasteiger partial charge in [-0.1, -0.05) is 0 Å². The molecule has 0 spiro atoms.